The zero-order valence-electron chi connectivity index (χ0n) is 26.7. The predicted octanol–water partition coefficient (Wildman–Crippen LogP) is 6.17. The van der Waals surface area contributed by atoms with E-state index in [2.05, 4.69) is 5.32 Å². The van der Waals surface area contributed by atoms with Crippen molar-refractivity contribution in [1.82, 2.24) is 5.32 Å². The summed E-state index contributed by atoms with van der Waals surface area (Å²) in [5, 5.41) is 11.7. The molecule has 0 fully saturated rings. The number of nitrogens with one attached hydrogen (secondary N) is 1. The Kier molecular flexibility index (Phi) is 11.2. The lowest BCUT2D eigenvalue weighted by atomic mass is 9.83. The van der Waals surface area contributed by atoms with Crippen molar-refractivity contribution in [2.24, 2.45) is 4.99 Å². The van der Waals surface area contributed by atoms with Crippen molar-refractivity contribution in [2.45, 2.75) is 70.0 Å². The number of esters is 1. The maximum Gasteiger partial charge on any atom is 0.416 e. The molecule has 3 aromatic carbocycles. The van der Waals surface area contributed by atoms with Crippen LogP contribution in [0, 0.1) is 0 Å². The number of hydrogen-bond donors (Lipinski definition) is 2. The molecule has 252 valence electrons. The van der Waals surface area contributed by atoms with Crippen molar-refractivity contribution in [1.29, 1.82) is 0 Å². The molecule has 4 rings (SSSR count). The maximum absolute atomic E-state index is 14.3. The summed E-state index contributed by atoms with van der Waals surface area (Å²) in [5.41, 5.74) is -2.58. The van der Waals surface area contributed by atoms with Crippen LogP contribution >= 0.6 is 0 Å². The topological polar surface area (TPSA) is 116 Å². The first-order valence-electron chi connectivity index (χ1n) is 15.2. The summed E-state index contributed by atoms with van der Waals surface area (Å²) in [6.45, 7) is 5.02. The molecule has 12 heteroatoms. The Hall–Kier alpha value is -4.58. The van der Waals surface area contributed by atoms with Gasteiger partial charge >= 0.3 is 12.1 Å². The van der Waals surface area contributed by atoms with Crippen LogP contribution < -0.4 is 14.8 Å². The number of amides is 1. The third-order valence-corrected chi connectivity index (χ3v) is 7.32. The van der Waals surface area contributed by atoms with Crippen molar-refractivity contribution >= 4 is 17.8 Å². The van der Waals surface area contributed by atoms with Gasteiger partial charge in [0.15, 0.2) is 11.6 Å². The Labute approximate surface area is 271 Å². The first-order valence-corrected chi connectivity index (χ1v) is 15.2. The van der Waals surface area contributed by atoms with Crippen molar-refractivity contribution in [3.05, 3.63) is 95.1 Å². The maximum atomic E-state index is 14.3. The molecule has 9 nitrogen and oxygen atoms in total. The van der Waals surface area contributed by atoms with Crippen LogP contribution in [0.1, 0.15) is 68.4 Å². The van der Waals surface area contributed by atoms with Gasteiger partial charge in [-0.25, -0.2) is 4.99 Å². The molecule has 0 bridgehead atoms. The molecule has 0 radical (unpaired) electrons. The minimum Gasteiger partial charge on any atom is -0.497 e. The third kappa shape index (κ3) is 9.03. The SMILES string of the molecule is COc1cccc([C@H]2OC(c3ccc(OCCCO)cc3)=N[C@@]2(CCC(=O)OC(C)(C)C)C(=O)NCc2ccccc2C(F)(F)F)c1. The highest BCUT2D eigenvalue weighted by Crippen LogP contribution is 2.44. The number of ether oxygens (including phenoxy) is 4. The van der Waals surface area contributed by atoms with E-state index in [9.17, 15) is 22.8 Å². The Morgan fingerprint density at radius 1 is 1.00 bits per heavy atom. The highest BCUT2D eigenvalue weighted by molar-refractivity contribution is 6.01. The largest absolute Gasteiger partial charge is 0.497 e. The average Bonchev–Trinajstić information content (AvgIpc) is 3.43. The van der Waals surface area contributed by atoms with E-state index in [1.165, 1.54) is 25.3 Å². The summed E-state index contributed by atoms with van der Waals surface area (Å²) in [4.78, 5) is 32.0. The summed E-state index contributed by atoms with van der Waals surface area (Å²) in [6, 6.07) is 18.6. The molecule has 0 aliphatic carbocycles. The molecule has 1 heterocycles. The number of carbonyl (C=O) groups excluding carboxylic acids is 2. The number of aliphatic hydroxyl groups excluding tert-OH is 1. The van der Waals surface area contributed by atoms with Crippen LogP contribution in [0.15, 0.2) is 77.8 Å². The minimum absolute atomic E-state index is 0.0103. The van der Waals surface area contributed by atoms with Crippen LogP contribution in [0.2, 0.25) is 0 Å². The van der Waals surface area contributed by atoms with Gasteiger partial charge in [-0.1, -0.05) is 30.3 Å². The molecule has 1 aliphatic heterocycles. The lowest BCUT2D eigenvalue weighted by molar-refractivity contribution is -0.155. The second kappa shape index (κ2) is 14.9. The van der Waals surface area contributed by atoms with Gasteiger partial charge in [-0.05, 0) is 80.8 Å². The highest BCUT2D eigenvalue weighted by Gasteiger charge is 2.53. The van der Waals surface area contributed by atoms with Gasteiger partial charge in [0, 0.05) is 31.6 Å². The molecule has 2 N–H and O–H groups in total. The first kappa shape index (κ1) is 35.3. The number of carbonyl (C=O) groups is 2. The lowest BCUT2D eigenvalue weighted by Gasteiger charge is -2.31. The van der Waals surface area contributed by atoms with Crippen LogP contribution in [0.5, 0.6) is 11.5 Å². The summed E-state index contributed by atoms with van der Waals surface area (Å²) < 4.78 is 64.2. The molecule has 3 aromatic rings. The molecule has 1 aliphatic rings. The number of benzene rings is 3. The molecule has 0 spiro atoms. The molecule has 1 amide bonds. The molecule has 0 aromatic heterocycles. The smallest absolute Gasteiger partial charge is 0.416 e. The zero-order valence-corrected chi connectivity index (χ0v) is 26.7. The fourth-order valence-electron chi connectivity index (χ4n) is 5.14. The number of hydrogen-bond acceptors (Lipinski definition) is 8. The van der Waals surface area contributed by atoms with Crippen LogP contribution in [0.3, 0.4) is 0 Å². The fraction of sp³-hybridized carbons (Fsp3) is 0.400. The van der Waals surface area contributed by atoms with Gasteiger partial charge in [-0.3, -0.25) is 9.59 Å². The van der Waals surface area contributed by atoms with Gasteiger partial charge in [0.1, 0.15) is 17.1 Å². The number of methoxy groups -OCH3 is 1. The van der Waals surface area contributed by atoms with E-state index in [1.807, 2.05) is 0 Å². The quantitative estimate of drug-likeness (QED) is 0.167. The number of nitrogens with zero attached hydrogens (tertiary/aromatic N) is 1. The van der Waals surface area contributed by atoms with Crippen molar-refractivity contribution < 1.29 is 46.8 Å². The van der Waals surface area contributed by atoms with Gasteiger partial charge in [-0.2, -0.15) is 13.2 Å². The van der Waals surface area contributed by atoms with E-state index in [0.717, 1.165) is 6.07 Å². The van der Waals surface area contributed by atoms with Crippen LogP contribution in [0.25, 0.3) is 0 Å². The summed E-state index contributed by atoms with van der Waals surface area (Å²) >= 11 is 0. The lowest BCUT2D eigenvalue weighted by Crippen LogP contribution is -2.48. The van der Waals surface area contributed by atoms with Gasteiger partial charge in [0.2, 0.25) is 5.90 Å². The molecule has 47 heavy (non-hydrogen) atoms. The second-order valence-electron chi connectivity index (χ2n) is 12.0. The zero-order chi connectivity index (χ0) is 34.2. The van der Waals surface area contributed by atoms with Crippen LogP contribution in [-0.4, -0.2) is 54.3 Å². The number of aliphatic imine (C=N–C) groups is 1. The molecular formula is C35H39F3N2O7. The highest BCUT2D eigenvalue weighted by atomic mass is 19.4. The molecule has 0 saturated carbocycles. The number of halogens is 3. The van der Waals surface area contributed by atoms with Crippen LogP contribution in [-0.2, 0) is 31.8 Å². The number of alkyl halides is 3. The number of aliphatic hydroxyl groups is 1. The minimum atomic E-state index is -4.63. The van der Waals surface area contributed by atoms with E-state index >= 15 is 0 Å². The van der Waals surface area contributed by atoms with E-state index in [0.29, 0.717) is 35.7 Å². The van der Waals surface area contributed by atoms with Crippen molar-refractivity contribution in [3.8, 4) is 11.5 Å². The van der Waals surface area contributed by atoms with Crippen molar-refractivity contribution in [2.75, 3.05) is 20.3 Å². The summed E-state index contributed by atoms with van der Waals surface area (Å²) in [5.74, 6) is -0.198. The fourth-order valence-corrected chi connectivity index (χ4v) is 5.14. The van der Waals surface area contributed by atoms with Crippen molar-refractivity contribution in [3.63, 3.8) is 0 Å². The molecule has 2 atom stereocenters. The van der Waals surface area contributed by atoms with E-state index < -0.39 is 47.4 Å². The monoisotopic (exact) mass is 656 g/mol. The first-order chi connectivity index (χ1) is 22.3. The average molecular weight is 657 g/mol. The van der Waals surface area contributed by atoms with E-state index in [4.69, 9.17) is 29.0 Å². The van der Waals surface area contributed by atoms with Gasteiger partial charge in [0.25, 0.3) is 5.91 Å². The van der Waals surface area contributed by atoms with Gasteiger partial charge in [0.05, 0.1) is 19.3 Å². The standard InChI is InChI=1S/C35H39F3N2O7/c1-33(2,3)47-29(42)17-18-34(32(43)39-22-25-9-5-6-12-28(25)35(36,37)38)30(24-10-7-11-27(21-24)44-4)46-31(40-34)23-13-15-26(16-14-23)45-20-8-19-41/h5-7,9-16,21,30,41H,8,17-20,22H2,1-4H3,(H,39,43)/t30-,34-/m1/s1. The summed E-state index contributed by atoms with van der Waals surface area (Å²) in [6.07, 6.45) is -5.67. The van der Waals surface area contributed by atoms with Gasteiger partial charge in [-0.15, -0.1) is 0 Å². The Morgan fingerprint density at radius 3 is 2.38 bits per heavy atom. The van der Waals surface area contributed by atoms with Gasteiger partial charge < -0.3 is 29.4 Å². The second-order valence-corrected chi connectivity index (χ2v) is 12.0. The Balaban J connectivity index is 1.77. The molecule has 0 saturated heterocycles. The Morgan fingerprint density at radius 2 is 1.72 bits per heavy atom. The normalized spacial score (nSPS) is 17.8. The number of rotatable bonds is 13. The van der Waals surface area contributed by atoms with E-state index in [1.54, 1.807) is 69.3 Å². The molecule has 0 unspecified atom stereocenters. The van der Waals surface area contributed by atoms with Crippen LogP contribution in [0.4, 0.5) is 13.2 Å². The Bertz CT molecular complexity index is 1570. The predicted molar refractivity (Wildman–Crippen MR) is 168 cm³/mol. The van der Waals surface area contributed by atoms with E-state index in [-0.39, 0.29) is 30.9 Å². The third-order valence-electron chi connectivity index (χ3n) is 7.32. The summed E-state index contributed by atoms with van der Waals surface area (Å²) in [7, 11) is 1.49. The molecular weight excluding hydrogens is 617 g/mol.